The van der Waals surface area contributed by atoms with Crippen molar-refractivity contribution in [2.24, 2.45) is 0 Å². The molecule has 0 aromatic rings. The fourth-order valence-corrected chi connectivity index (χ4v) is 10.0. The second kappa shape index (κ2) is 41.9. The largest absolute Gasteiger partial charge is 0.394 e. The van der Waals surface area contributed by atoms with Gasteiger partial charge < -0.3 is 89.9 Å². The fourth-order valence-electron chi connectivity index (χ4n) is 10.0. The van der Waals surface area contributed by atoms with Crippen molar-refractivity contribution in [2.75, 3.05) is 26.4 Å². The van der Waals surface area contributed by atoms with E-state index in [4.69, 9.17) is 28.4 Å². The Morgan fingerprint density at radius 2 is 0.857 bits per heavy atom. The lowest BCUT2D eigenvalue weighted by atomic mass is 9.96. The quantitative estimate of drug-likeness (QED) is 0.0285. The number of hydrogen-bond donors (Lipinski definition) is 12. The molecule has 3 aliphatic rings. The highest BCUT2D eigenvalue weighted by molar-refractivity contribution is 5.76. The van der Waals surface area contributed by atoms with Crippen LogP contribution in [0.1, 0.15) is 194 Å². The molecule has 19 heteroatoms. The number of aliphatic hydroxyl groups is 11. The Morgan fingerprint density at radius 3 is 1.34 bits per heavy atom. The number of allylic oxidation sites excluding steroid dienone is 6. The summed E-state index contributed by atoms with van der Waals surface area (Å²) in [7, 11) is 0. The number of aliphatic hydroxyl groups excluding tert-OH is 11. The molecular weight excluding hydrogens is 999 g/mol. The van der Waals surface area contributed by atoms with Crippen molar-refractivity contribution >= 4 is 5.91 Å². The molecule has 3 heterocycles. The minimum Gasteiger partial charge on any atom is -0.394 e. The normalized spacial score (nSPS) is 30.9. The fraction of sp³-hybridized carbons (Fsp3) is 0.879. The molecule has 0 aromatic heterocycles. The molecule has 19 nitrogen and oxygen atoms in total. The van der Waals surface area contributed by atoms with E-state index in [2.05, 4.69) is 55.6 Å². The third-order valence-corrected chi connectivity index (χ3v) is 15.0. The Bertz CT molecular complexity index is 1550. The van der Waals surface area contributed by atoms with Gasteiger partial charge in [0.1, 0.15) is 73.2 Å². The van der Waals surface area contributed by atoms with Gasteiger partial charge in [-0.1, -0.05) is 172 Å². The number of amides is 1. The maximum absolute atomic E-state index is 13.3. The first-order valence-electron chi connectivity index (χ1n) is 29.7. The highest BCUT2D eigenvalue weighted by Gasteiger charge is 2.53. The number of unbranched alkanes of at least 4 members (excludes halogenated alkanes) is 21. The number of carbonyl (C=O) groups is 1. The van der Waals surface area contributed by atoms with Gasteiger partial charge in [0.15, 0.2) is 18.9 Å². The summed E-state index contributed by atoms with van der Waals surface area (Å²) in [5.41, 5.74) is 0. The zero-order valence-electron chi connectivity index (χ0n) is 46.7. The summed E-state index contributed by atoms with van der Waals surface area (Å²) in [6, 6.07) is -0.889. The van der Waals surface area contributed by atoms with Gasteiger partial charge in [-0.3, -0.25) is 4.79 Å². The number of hydrogen-bond acceptors (Lipinski definition) is 18. The standard InChI is InChI=1S/C58H105NO18/c1-3-5-7-9-11-13-14-15-16-17-18-19-20-21-22-23-24-25-26-28-30-32-34-36-46(64)59-41(42(63)35-33-31-29-27-12-10-8-6-4-2)40-72-56-52(70)49(67)54(44(38-61)74-56)77-58-53(71)50(68)55(45(39-62)75-58)76-57-51(69)48(66)47(65)43(37-60)73-57/h14-15,17-18,20-21,41-45,47-58,60-63,65-71H,3-13,16,19,22-40H2,1-2H3,(H,59,64)/b15-14-,18-17-,21-20-. The molecular formula is C58H105NO18. The van der Waals surface area contributed by atoms with Crippen molar-refractivity contribution in [1.82, 2.24) is 5.32 Å². The molecule has 0 bridgehead atoms. The zero-order chi connectivity index (χ0) is 56.2. The van der Waals surface area contributed by atoms with Crippen LogP contribution in [-0.4, -0.2) is 193 Å². The molecule has 17 unspecified atom stereocenters. The van der Waals surface area contributed by atoms with Gasteiger partial charge in [-0.25, -0.2) is 0 Å². The number of nitrogens with one attached hydrogen (secondary N) is 1. The van der Waals surface area contributed by atoms with E-state index in [1.807, 2.05) is 0 Å². The van der Waals surface area contributed by atoms with Crippen molar-refractivity contribution in [2.45, 2.75) is 298 Å². The maximum Gasteiger partial charge on any atom is 0.220 e. The lowest BCUT2D eigenvalue weighted by molar-refractivity contribution is -0.379. The van der Waals surface area contributed by atoms with Gasteiger partial charge in [0.25, 0.3) is 0 Å². The molecule has 12 N–H and O–H groups in total. The number of carbonyl (C=O) groups excluding carboxylic acids is 1. The first-order valence-corrected chi connectivity index (χ1v) is 29.7. The van der Waals surface area contributed by atoms with Crippen molar-refractivity contribution in [3.63, 3.8) is 0 Å². The summed E-state index contributed by atoms with van der Waals surface area (Å²) in [5, 5.41) is 120. The SMILES string of the molecule is CCCCCCC/C=C\C/C=C\C/C=C\CCCCCCCCCCC(=O)NC(COC1OC(CO)C(OC2OC(CO)C(OC3OC(CO)C(O)C(O)C3O)C(O)C2O)C(O)C1O)C(O)CCCCCCCCCCC. The van der Waals surface area contributed by atoms with Gasteiger partial charge in [0.2, 0.25) is 5.91 Å². The molecule has 0 spiro atoms. The van der Waals surface area contributed by atoms with E-state index in [1.54, 1.807) is 0 Å². The summed E-state index contributed by atoms with van der Waals surface area (Å²) in [6.45, 7) is 1.72. The summed E-state index contributed by atoms with van der Waals surface area (Å²) in [4.78, 5) is 13.3. The van der Waals surface area contributed by atoms with E-state index in [0.29, 0.717) is 12.8 Å². The molecule has 3 aliphatic heterocycles. The van der Waals surface area contributed by atoms with Crippen LogP contribution in [0.2, 0.25) is 0 Å². The summed E-state index contributed by atoms with van der Waals surface area (Å²) in [6.07, 6.45) is 16.8. The van der Waals surface area contributed by atoms with Crippen LogP contribution >= 0.6 is 0 Å². The first kappa shape index (κ1) is 69.3. The average Bonchev–Trinajstić information content (AvgIpc) is 3.43. The summed E-state index contributed by atoms with van der Waals surface area (Å²) < 4.78 is 34.2. The molecule has 0 saturated carbocycles. The molecule has 1 amide bonds. The lowest BCUT2D eigenvalue weighted by Gasteiger charge is -2.48. The van der Waals surface area contributed by atoms with E-state index in [9.17, 15) is 61.0 Å². The van der Waals surface area contributed by atoms with Crippen molar-refractivity contribution in [1.29, 1.82) is 0 Å². The molecule has 3 fully saturated rings. The number of ether oxygens (including phenoxy) is 6. The highest BCUT2D eigenvalue weighted by Crippen LogP contribution is 2.33. The van der Waals surface area contributed by atoms with Gasteiger partial charge >= 0.3 is 0 Å². The van der Waals surface area contributed by atoms with Gasteiger partial charge in [-0.2, -0.15) is 0 Å². The van der Waals surface area contributed by atoms with Crippen molar-refractivity contribution in [3.05, 3.63) is 36.5 Å². The molecule has 77 heavy (non-hydrogen) atoms. The minimum absolute atomic E-state index is 0.254. The smallest absolute Gasteiger partial charge is 0.220 e. The Labute approximate surface area is 460 Å². The molecule has 17 atom stereocenters. The maximum atomic E-state index is 13.3. The van der Waals surface area contributed by atoms with Crippen LogP contribution in [0.3, 0.4) is 0 Å². The second-order valence-electron chi connectivity index (χ2n) is 21.5. The van der Waals surface area contributed by atoms with Crippen LogP contribution in [0.15, 0.2) is 36.5 Å². The lowest BCUT2D eigenvalue weighted by Crippen LogP contribution is -2.66. The van der Waals surface area contributed by atoms with E-state index >= 15 is 0 Å². The highest BCUT2D eigenvalue weighted by atomic mass is 16.8. The van der Waals surface area contributed by atoms with Gasteiger partial charge in [0.05, 0.1) is 38.6 Å². The van der Waals surface area contributed by atoms with Gasteiger partial charge in [0, 0.05) is 6.42 Å². The van der Waals surface area contributed by atoms with Crippen LogP contribution in [0.4, 0.5) is 0 Å². The third kappa shape index (κ3) is 26.2. The monoisotopic (exact) mass is 1100 g/mol. The molecule has 3 rings (SSSR count). The van der Waals surface area contributed by atoms with Crippen LogP contribution in [0.5, 0.6) is 0 Å². The van der Waals surface area contributed by atoms with Crippen molar-refractivity contribution in [3.8, 4) is 0 Å². The van der Waals surface area contributed by atoms with Crippen molar-refractivity contribution < 1.29 is 89.4 Å². The Hall–Kier alpha value is -1.99. The minimum atomic E-state index is -1.97. The van der Waals surface area contributed by atoms with Gasteiger partial charge in [-0.15, -0.1) is 0 Å². The predicted octanol–water partition coefficient (Wildman–Crippen LogP) is 4.93. The predicted molar refractivity (Wildman–Crippen MR) is 291 cm³/mol. The first-order chi connectivity index (χ1) is 37.3. The zero-order valence-corrected chi connectivity index (χ0v) is 46.7. The van der Waals surface area contributed by atoms with Crippen LogP contribution < -0.4 is 5.32 Å². The molecule has 3 saturated heterocycles. The molecule has 450 valence electrons. The van der Waals surface area contributed by atoms with E-state index < -0.39 is 124 Å². The Kier molecular flexibility index (Phi) is 37.7. The second-order valence-corrected chi connectivity index (χ2v) is 21.5. The van der Waals surface area contributed by atoms with Crippen LogP contribution in [0.25, 0.3) is 0 Å². The average molecular weight is 1100 g/mol. The van der Waals surface area contributed by atoms with Crippen LogP contribution in [0, 0.1) is 0 Å². The Morgan fingerprint density at radius 1 is 0.468 bits per heavy atom. The molecule has 0 radical (unpaired) electrons. The summed E-state index contributed by atoms with van der Waals surface area (Å²) in [5.74, 6) is -0.254. The van der Waals surface area contributed by atoms with E-state index in [0.717, 1.165) is 70.6 Å². The molecule has 0 aromatic carbocycles. The summed E-state index contributed by atoms with van der Waals surface area (Å²) >= 11 is 0. The Balaban J connectivity index is 1.45. The molecule has 0 aliphatic carbocycles. The third-order valence-electron chi connectivity index (χ3n) is 15.0. The topological polar surface area (TPSA) is 307 Å². The van der Waals surface area contributed by atoms with Crippen LogP contribution in [-0.2, 0) is 33.2 Å². The van der Waals surface area contributed by atoms with Gasteiger partial charge in [-0.05, 0) is 51.4 Å². The van der Waals surface area contributed by atoms with E-state index in [1.165, 1.54) is 89.9 Å². The van der Waals surface area contributed by atoms with E-state index in [-0.39, 0.29) is 18.9 Å². The number of rotatable bonds is 43.